The van der Waals surface area contributed by atoms with Gasteiger partial charge in [-0.2, -0.15) is 0 Å². The molecule has 11 rings (SSSR count). The molecule has 0 amide bonds. The summed E-state index contributed by atoms with van der Waals surface area (Å²) in [6.45, 7) is 13.8. The average Bonchev–Trinajstić information content (AvgIpc) is 3.75. The Hall–Kier alpha value is -6.44. The third-order valence-electron chi connectivity index (χ3n) is 13.3. The highest BCUT2D eigenvalue weighted by Gasteiger charge is 2.53. The first-order valence-electron chi connectivity index (χ1n) is 20.3. The predicted molar refractivity (Wildman–Crippen MR) is 239 cm³/mol. The fraction of sp³-hybridized carbons (Fsp3) is 0.143. The van der Waals surface area contributed by atoms with Crippen LogP contribution in [-0.4, -0.2) is 0 Å². The number of anilines is 3. The highest BCUT2D eigenvalue weighted by Crippen LogP contribution is 2.65. The van der Waals surface area contributed by atoms with E-state index in [1.54, 1.807) is 0 Å². The lowest BCUT2D eigenvalue weighted by Crippen LogP contribution is -2.27. The van der Waals surface area contributed by atoms with Gasteiger partial charge in [0.1, 0.15) is 0 Å². The van der Waals surface area contributed by atoms with Gasteiger partial charge in [0, 0.05) is 22.5 Å². The van der Waals surface area contributed by atoms with E-state index in [-0.39, 0.29) is 5.41 Å². The van der Waals surface area contributed by atoms with Gasteiger partial charge in [0.2, 0.25) is 0 Å². The maximum atomic E-state index is 2.47. The summed E-state index contributed by atoms with van der Waals surface area (Å²) < 4.78 is 0. The summed E-state index contributed by atoms with van der Waals surface area (Å²) in [7, 11) is 0. The van der Waals surface area contributed by atoms with E-state index >= 15 is 0 Å². The maximum Gasteiger partial charge on any atom is 0.0731 e. The topological polar surface area (TPSA) is 3.24 Å². The Balaban J connectivity index is 1.17. The van der Waals surface area contributed by atoms with E-state index < -0.39 is 5.41 Å². The van der Waals surface area contributed by atoms with E-state index in [2.05, 4.69) is 210 Å². The van der Waals surface area contributed by atoms with E-state index in [4.69, 9.17) is 0 Å². The van der Waals surface area contributed by atoms with Crippen molar-refractivity contribution >= 4 is 17.1 Å². The predicted octanol–water partition coefficient (Wildman–Crippen LogP) is 14.7. The van der Waals surface area contributed by atoms with Gasteiger partial charge in [-0.1, -0.05) is 158 Å². The molecule has 1 heteroatoms. The fourth-order valence-corrected chi connectivity index (χ4v) is 10.8. The number of hydrogen-bond acceptors (Lipinski definition) is 1. The minimum atomic E-state index is -0.448. The van der Waals surface area contributed by atoms with Crippen molar-refractivity contribution < 1.29 is 0 Å². The number of benzene rings is 8. The highest BCUT2D eigenvalue weighted by molar-refractivity contribution is 6.00. The second-order valence-electron chi connectivity index (χ2n) is 17.2. The molecule has 0 saturated heterocycles. The van der Waals surface area contributed by atoms with Gasteiger partial charge in [0.15, 0.2) is 0 Å². The highest BCUT2D eigenvalue weighted by atomic mass is 15.1. The van der Waals surface area contributed by atoms with E-state index in [9.17, 15) is 0 Å². The maximum absolute atomic E-state index is 2.47. The van der Waals surface area contributed by atoms with Crippen LogP contribution in [0, 0.1) is 27.7 Å². The van der Waals surface area contributed by atoms with Gasteiger partial charge in [0.25, 0.3) is 0 Å². The standard InChI is InChI=1S/C56H45N/c1-34-19-24-44-45-25-20-35(2)30-51(45)56(50(44)29-34)52-31-36(3)21-26-46(52)47-27-22-37(4)53(54(47)56)38-13-12-16-40(32-38)57(39-14-8-7-9-15-39)41-23-28-43-42-17-10-11-18-48(42)55(5,6)49(43)33-41/h7-33H,1-6H3. The molecule has 274 valence electrons. The van der Waals surface area contributed by atoms with Gasteiger partial charge in [-0.15, -0.1) is 0 Å². The first-order valence-corrected chi connectivity index (χ1v) is 20.3. The lowest BCUT2D eigenvalue weighted by atomic mass is 9.67. The van der Waals surface area contributed by atoms with E-state index in [0.717, 1.165) is 17.1 Å². The van der Waals surface area contributed by atoms with Crippen LogP contribution in [0.25, 0.3) is 44.5 Å². The Morgan fingerprint density at radius 1 is 0.368 bits per heavy atom. The van der Waals surface area contributed by atoms with Crippen molar-refractivity contribution in [1.29, 1.82) is 0 Å². The Morgan fingerprint density at radius 3 is 1.54 bits per heavy atom. The van der Waals surface area contributed by atoms with Crippen molar-refractivity contribution in [1.82, 2.24) is 0 Å². The molecule has 0 aliphatic heterocycles. The minimum absolute atomic E-state index is 0.0971. The van der Waals surface area contributed by atoms with Crippen molar-refractivity contribution in [2.75, 3.05) is 4.90 Å². The molecule has 57 heavy (non-hydrogen) atoms. The summed E-state index contributed by atoms with van der Waals surface area (Å²) in [5.41, 5.74) is 27.0. The molecule has 0 unspecified atom stereocenters. The SMILES string of the molecule is Cc1ccc2c(c1)C1(c3cc(C)ccc3-2)c2cc(C)ccc2-c2ccc(C)c(-c3cccc(N(c4ccccc4)c4ccc5c(c4)C(C)(C)c4ccccc4-5)c3)c21. The fourth-order valence-electron chi connectivity index (χ4n) is 10.8. The monoisotopic (exact) mass is 731 g/mol. The minimum Gasteiger partial charge on any atom is -0.310 e. The molecule has 0 saturated carbocycles. The Morgan fingerprint density at radius 2 is 0.877 bits per heavy atom. The number of aryl methyl sites for hydroxylation is 4. The molecule has 0 radical (unpaired) electrons. The van der Waals surface area contributed by atoms with Crippen molar-refractivity contribution in [2.45, 2.75) is 52.4 Å². The quantitative estimate of drug-likeness (QED) is 0.174. The number of fused-ring (bicyclic) bond motifs is 13. The summed E-state index contributed by atoms with van der Waals surface area (Å²) in [5, 5.41) is 0. The first kappa shape index (κ1) is 33.9. The van der Waals surface area contributed by atoms with Crippen molar-refractivity contribution in [3.8, 4) is 44.5 Å². The van der Waals surface area contributed by atoms with Gasteiger partial charge < -0.3 is 4.90 Å². The lowest BCUT2D eigenvalue weighted by molar-refractivity contribution is 0.660. The van der Waals surface area contributed by atoms with Crippen LogP contribution in [0.2, 0.25) is 0 Å². The molecule has 3 aliphatic rings. The zero-order valence-electron chi connectivity index (χ0n) is 33.5. The Labute approximate surface area is 336 Å². The molecule has 0 atom stereocenters. The molecule has 0 fully saturated rings. The van der Waals surface area contributed by atoms with Crippen LogP contribution in [0.1, 0.15) is 69.5 Å². The molecular weight excluding hydrogens is 687 g/mol. The third kappa shape index (κ3) is 4.63. The van der Waals surface area contributed by atoms with E-state index in [1.807, 2.05) is 0 Å². The molecule has 0 heterocycles. The van der Waals surface area contributed by atoms with Crippen molar-refractivity contribution in [2.24, 2.45) is 0 Å². The molecule has 8 aromatic carbocycles. The summed E-state index contributed by atoms with van der Waals surface area (Å²) in [6, 6.07) is 62.3. The van der Waals surface area contributed by atoms with Gasteiger partial charge in [-0.3, -0.25) is 0 Å². The molecule has 0 bridgehead atoms. The number of rotatable bonds is 4. The number of hydrogen-bond donors (Lipinski definition) is 0. The Kier molecular flexibility index (Phi) is 7.15. The van der Waals surface area contributed by atoms with Crippen LogP contribution in [0.15, 0.2) is 164 Å². The normalized spacial score (nSPS) is 14.4. The first-order chi connectivity index (χ1) is 27.7. The molecular formula is C56H45N. The summed E-state index contributed by atoms with van der Waals surface area (Å²) >= 11 is 0. The smallest absolute Gasteiger partial charge is 0.0731 e. The van der Waals surface area contributed by atoms with Crippen LogP contribution < -0.4 is 4.90 Å². The molecule has 3 aliphatic carbocycles. The van der Waals surface area contributed by atoms with Gasteiger partial charge in [-0.25, -0.2) is 0 Å². The van der Waals surface area contributed by atoms with Crippen LogP contribution in [-0.2, 0) is 10.8 Å². The van der Waals surface area contributed by atoms with Gasteiger partial charge >= 0.3 is 0 Å². The Bertz CT molecular complexity index is 2910. The van der Waals surface area contributed by atoms with Crippen LogP contribution in [0.3, 0.4) is 0 Å². The summed E-state index contributed by atoms with van der Waals surface area (Å²) in [5.74, 6) is 0. The molecule has 0 aromatic heterocycles. The molecule has 8 aromatic rings. The lowest BCUT2D eigenvalue weighted by Gasteiger charge is -2.34. The molecule has 1 spiro atoms. The summed E-state index contributed by atoms with van der Waals surface area (Å²) in [6.07, 6.45) is 0. The second-order valence-corrected chi connectivity index (χ2v) is 17.2. The second kappa shape index (κ2) is 12.0. The largest absolute Gasteiger partial charge is 0.310 e. The molecule has 1 nitrogen and oxygen atoms in total. The van der Waals surface area contributed by atoms with Crippen molar-refractivity contribution in [3.63, 3.8) is 0 Å². The van der Waals surface area contributed by atoms with Crippen LogP contribution >= 0.6 is 0 Å². The van der Waals surface area contributed by atoms with Gasteiger partial charge in [-0.05, 0) is 148 Å². The number of para-hydroxylation sites is 1. The van der Waals surface area contributed by atoms with Crippen LogP contribution in [0.5, 0.6) is 0 Å². The zero-order chi connectivity index (χ0) is 38.8. The van der Waals surface area contributed by atoms with E-state index in [0.29, 0.717) is 0 Å². The van der Waals surface area contributed by atoms with Crippen molar-refractivity contribution in [3.05, 3.63) is 219 Å². The summed E-state index contributed by atoms with van der Waals surface area (Å²) in [4.78, 5) is 2.45. The average molecular weight is 732 g/mol. The number of nitrogens with zero attached hydrogens (tertiary/aromatic N) is 1. The van der Waals surface area contributed by atoms with Gasteiger partial charge in [0.05, 0.1) is 5.41 Å². The third-order valence-corrected chi connectivity index (χ3v) is 13.3. The zero-order valence-corrected chi connectivity index (χ0v) is 33.5. The van der Waals surface area contributed by atoms with E-state index in [1.165, 1.54) is 100 Å². The van der Waals surface area contributed by atoms with Crippen LogP contribution in [0.4, 0.5) is 17.1 Å². The molecule has 0 N–H and O–H groups in total.